The molecular formula is C29H42N4O5S. The van der Waals surface area contributed by atoms with Gasteiger partial charge in [-0.2, -0.15) is 0 Å². The van der Waals surface area contributed by atoms with Gasteiger partial charge in [0.2, 0.25) is 17.7 Å². The molecule has 5 rings (SSSR count). The van der Waals surface area contributed by atoms with Gasteiger partial charge in [-0.05, 0) is 30.7 Å². The summed E-state index contributed by atoms with van der Waals surface area (Å²) in [4.78, 5) is 45.6. The summed E-state index contributed by atoms with van der Waals surface area (Å²) in [5.41, 5.74) is 1.01. The third-order valence-corrected chi connectivity index (χ3v) is 10.7. The van der Waals surface area contributed by atoms with Crippen LogP contribution in [0.3, 0.4) is 0 Å². The van der Waals surface area contributed by atoms with Gasteiger partial charge >= 0.3 is 0 Å². The normalized spacial score (nSPS) is 31.0. The Balaban J connectivity index is 1.37. The number of aliphatic hydroxyl groups excluding tert-OH is 1. The topological polar surface area (TPSA) is 111 Å². The van der Waals surface area contributed by atoms with E-state index in [1.54, 1.807) is 16.7 Å². The number of hydrogen-bond acceptors (Lipinski definition) is 7. The summed E-state index contributed by atoms with van der Waals surface area (Å²) >= 11 is 1.67. The molecule has 9 nitrogen and oxygen atoms in total. The average Bonchev–Trinajstić information content (AvgIpc) is 3.59. The van der Waals surface area contributed by atoms with Crippen LogP contribution < -0.4 is 10.6 Å². The van der Waals surface area contributed by atoms with Gasteiger partial charge in [-0.3, -0.25) is 19.3 Å². The van der Waals surface area contributed by atoms with E-state index in [-0.39, 0.29) is 35.5 Å². The summed E-state index contributed by atoms with van der Waals surface area (Å²) in [5.74, 6) is -1.24. The van der Waals surface area contributed by atoms with Crippen LogP contribution >= 0.6 is 11.8 Å². The molecule has 4 fully saturated rings. The lowest BCUT2D eigenvalue weighted by Crippen LogP contribution is -2.57. The highest BCUT2D eigenvalue weighted by Crippen LogP contribution is 2.66. The number of ether oxygens (including phenoxy) is 1. The van der Waals surface area contributed by atoms with Crippen LogP contribution in [-0.2, 0) is 25.7 Å². The number of hydrogen-bond donors (Lipinski definition) is 3. The molecule has 39 heavy (non-hydrogen) atoms. The first kappa shape index (κ1) is 28.4. The number of carbonyl (C=O) groups is 3. The van der Waals surface area contributed by atoms with Crippen LogP contribution in [0.1, 0.15) is 38.7 Å². The molecule has 1 aromatic carbocycles. The number of thioether (sulfide) groups is 1. The Kier molecular flexibility index (Phi) is 8.85. The molecule has 10 heteroatoms. The van der Waals surface area contributed by atoms with Crippen molar-refractivity contribution in [2.45, 2.75) is 61.7 Å². The number of nitrogens with zero attached hydrogens (tertiary/aromatic N) is 2. The van der Waals surface area contributed by atoms with E-state index < -0.39 is 28.7 Å². The molecule has 4 saturated heterocycles. The van der Waals surface area contributed by atoms with Crippen LogP contribution in [-0.4, -0.2) is 101 Å². The first-order valence-corrected chi connectivity index (χ1v) is 15.2. The number of likely N-dealkylation sites (tertiary alicyclic amines) is 1. The Labute approximate surface area is 235 Å². The van der Waals surface area contributed by atoms with E-state index in [1.807, 2.05) is 30.3 Å². The molecule has 1 spiro atoms. The molecule has 214 valence electrons. The SMILES string of the molecule is CC(C)C[C@H](CO)N1C(=O)[C@@H]2[C@@H](C(=O)NCc3ccccc3)[C@H]3CCC2(S3)C1C(=O)NCCN1CCOCC1. The number of morpholine rings is 1. The van der Waals surface area contributed by atoms with Crippen molar-refractivity contribution in [3.8, 4) is 0 Å². The number of benzene rings is 1. The van der Waals surface area contributed by atoms with E-state index in [2.05, 4.69) is 29.4 Å². The van der Waals surface area contributed by atoms with Crippen molar-refractivity contribution in [1.29, 1.82) is 0 Å². The van der Waals surface area contributed by atoms with Gasteiger partial charge in [0.1, 0.15) is 6.04 Å². The summed E-state index contributed by atoms with van der Waals surface area (Å²) in [6.07, 6.45) is 2.12. The van der Waals surface area contributed by atoms with Crippen molar-refractivity contribution in [3.05, 3.63) is 35.9 Å². The van der Waals surface area contributed by atoms with E-state index >= 15 is 0 Å². The zero-order valence-electron chi connectivity index (χ0n) is 23.0. The fraction of sp³-hybridized carbons (Fsp3) is 0.690. The van der Waals surface area contributed by atoms with Crippen LogP contribution in [0.15, 0.2) is 30.3 Å². The number of nitrogens with one attached hydrogen (secondary N) is 2. The highest BCUT2D eigenvalue weighted by Gasteiger charge is 2.74. The second kappa shape index (κ2) is 12.2. The van der Waals surface area contributed by atoms with Gasteiger partial charge in [0, 0.05) is 38.0 Å². The molecule has 4 aliphatic rings. The Morgan fingerprint density at radius 3 is 2.59 bits per heavy atom. The zero-order chi connectivity index (χ0) is 27.6. The van der Waals surface area contributed by atoms with Gasteiger partial charge in [-0.1, -0.05) is 44.2 Å². The average molecular weight is 559 g/mol. The number of fused-ring (bicyclic) bond motifs is 1. The lowest BCUT2D eigenvalue weighted by Gasteiger charge is -2.37. The van der Waals surface area contributed by atoms with Crippen molar-refractivity contribution >= 4 is 29.5 Å². The predicted octanol–water partition coefficient (Wildman–Crippen LogP) is 1.25. The fourth-order valence-electron chi connectivity index (χ4n) is 7.07. The minimum Gasteiger partial charge on any atom is -0.394 e. The molecule has 0 saturated carbocycles. The zero-order valence-corrected chi connectivity index (χ0v) is 23.8. The molecule has 1 aromatic rings. The Hall–Kier alpha value is -2.14. The first-order valence-electron chi connectivity index (χ1n) is 14.4. The molecule has 3 N–H and O–H groups in total. The molecule has 2 unspecified atom stereocenters. The van der Waals surface area contributed by atoms with Crippen molar-refractivity contribution < 1.29 is 24.2 Å². The van der Waals surface area contributed by atoms with Gasteiger partial charge in [0.05, 0.1) is 42.4 Å². The molecule has 6 atom stereocenters. The van der Waals surface area contributed by atoms with Crippen molar-refractivity contribution in [1.82, 2.24) is 20.4 Å². The van der Waals surface area contributed by atoms with Gasteiger partial charge in [0.15, 0.2) is 0 Å². The summed E-state index contributed by atoms with van der Waals surface area (Å²) in [5, 5.41) is 16.6. The van der Waals surface area contributed by atoms with Crippen LogP contribution in [0.5, 0.6) is 0 Å². The number of rotatable bonds is 11. The third kappa shape index (κ3) is 5.58. The summed E-state index contributed by atoms with van der Waals surface area (Å²) < 4.78 is 4.77. The highest BCUT2D eigenvalue weighted by molar-refractivity contribution is 8.02. The van der Waals surface area contributed by atoms with Crippen LogP contribution in [0.4, 0.5) is 0 Å². The largest absolute Gasteiger partial charge is 0.394 e. The molecular weight excluding hydrogens is 516 g/mol. The Bertz CT molecular complexity index is 1040. The second-order valence-electron chi connectivity index (χ2n) is 11.7. The van der Waals surface area contributed by atoms with Gasteiger partial charge in [-0.25, -0.2) is 0 Å². The smallest absolute Gasteiger partial charge is 0.244 e. The number of amides is 3. The molecule has 4 aliphatic heterocycles. The van der Waals surface area contributed by atoms with Crippen molar-refractivity contribution in [3.63, 3.8) is 0 Å². The van der Waals surface area contributed by atoms with Crippen LogP contribution in [0, 0.1) is 17.8 Å². The second-order valence-corrected chi connectivity index (χ2v) is 13.3. The summed E-state index contributed by atoms with van der Waals surface area (Å²) in [6, 6.07) is 8.60. The Morgan fingerprint density at radius 2 is 1.90 bits per heavy atom. The van der Waals surface area contributed by atoms with E-state index in [1.165, 1.54) is 0 Å². The number of carbonyl (C=O) groups excluding carboxylic acids is 3. The predicted molar refractivity (Wildman–Crippen MR) is 150 cm³/mol. The maximum absolute atomic E-state index is 14.2. The van der Waals surface area contributed by atoms with Crippen molar-refractivity contribution in [2.75, 3.05) is 46.0 Å². The van der Waals surface area contributed by atoms with E-state index in [4.69, 9.17) is 4.74 Å². The third-order valence-electron chi connectivity index (χ3n) is 8.78. The van der Waals surface area contributed by atoms with Crippen LogP contribution in [0.2, 0.25) is 0 Å². The maximum Gasteiger partial charge on any atom is 0.244 e. The molecule has 0 aromatic heterocycles. The van der Waals surface area contributed by atoms with Gasteiger partial charge < -0.3 is 25.4 Å². The monoisotopic (exact) mass is 558 g/mol. The minimum atomic E-state index is -0.697. The Morgan fingerprint density at radius 1 is 1.15 bits per heavy atom. The molecule has 4 heterocycles. The lowest BCUT2D eigenvalue weighted by molar-refractivity contribution is -0.143. The van der Waals surface area contributed by atoms with Crippen molar-refractivity contribution in [2.24, 2.45) is 17.8 Å². The maximum atomic E-state index is 14.2. The molecule has 3 amide bonds. The highest BCUT2D eigenvalue weighted by atomic mass is 32.2. The fourth-order valence-corrected chi connectivity index (χ4v) is 9.27. The molecule has 0 radical (unpaired) electrons. The quantitative estimate of drug-likeness (QED) is 0.375. The van der Waals surface area contributed by atoms with Gasteiger partial charge in [0.25, 0.3) is 0 Å². The minimum absolute atomic E-state index is 0.0122. The lowest BCUT2D eigenvalue weighted by atomic mass is 9.70. The standard InChI is InChI=1S/C29H42N4O5S/c1-19(2)16-21(18-34)33-25(27(36)30-10-11-32-12-14-38-15-13-32)29-9-8-22(39-29)23(24(29)28(33)37)26(35)31-17-20-6-4-3-5-7-20/h3-7,19,21-25,34H,8-18H2,1-2H3,(H,30,36)(H,31,35)/t21-,22-,23+,24+,25?,29?/m1/s1. The number of aliphatic hydroxyl groups is 1. The molecule has 0 aliphatic carbocycles. The summed E-state index contributed by atoms with van der Waals surface area (Å²) in [7, 11) is 0. The van der Waals surface area contributed by atoms with E-state index in [0.717, 1.165) is 38.0 Å². The first-order chi connectivity index (χ1) is 18.9. The van der Waals surface area contributed by atoms with E-state index in [0.29, 0.717) is 32.7 Å². The molecule has 2 bridgehead atoms. The van der Waals surface area contributed by atoms with Crippen LogP contribution in [0.25, 0.3) is 0 Å². The summed E-state index contributed by atoms with van der Waals surface area (Å²) in [6.45, 7) is 8.60. The van der Waals surface area contributed by atoms with E-state index in [9.17, 15) is 19.5 Å². The van der Waals surface area contributed by atoms with Gasteiger partial charge in [-0.15, -0.1) is 11.8 Å².